The Balaban J connectivity index is 0.000000215. The second kappa shape index (κ2) is 26.5. The summed E-state index contributed by atoms with van der Waals surface area (Å²) in [6, 6.07) is 22.0. The van der Waals surface area contributed by atoms with E-state index in [0.29, 0.717) is 41.0 Å². The molecule has 2 aromatic carbocycles. The molecule has 0 aliphatic carbocycles. The molecule has 2 amide bonds. The summed E-state index contributed by atoms with van der Waals surface area (Å²) in [4.78, 5) is 67.6. The Morgan fingerprint density at radius 3 is 1.61 bits per heavy atom. The topological polar surface area (TPSA) is 186 Å². The number of nitrogens with zero attached hydrogens (tertiary/aromatic N) is 5. The summed E-state index contributed by atoms with van der Waals surface area (Å²) in [5.74, 6) is -0.709. The van der Waals surface area contributed by atoms with Crippen molar-refractivity contribution in [2.24, 2.45) is 5.92 Å². The fourth-order valence-corrected chi connectivity index (χ4v) is 9.53. The Morgan fingerprint density at radius 2 is 1.14 bits per heavy atom. The number of likely N-dealkylation sites (tertiary alicyclic amines) is 1. The predicted octanol–water partition coefficient (Wildman–Crippen LogP) is 14.1. The van der Waals surface area contributed by atoms with Crippen LogP contribution in [0.1, 0.15) is 147 Å². The summed E-state index contributed by atoms with van der Waals surface area (Å²) in [5, 5.41) is 16.1. The number of carbonyl (C=O) groups excluding carboxylic acids is 3. The first-order valence-corrected chi connectivity index (χ1v) is 27.7. The van der Waals surface area contributed by atoms with E-state index in [1.54, 1.807) is 54.0 Å². The van der Waals surface area contributed by atoms with Gasteiger partial charge in [-0.25, -0.2) is 9.59 Å². The van der Waals surface area contributed by atoms with Crippen molar-refractivity contribution in [2.45, 2.75) is 143 Å². The minimum absolute atomic E-state index is 0.0446. The summed E-state index contributed by atoms with van der Waals surface area (Å²) in [7, 11) is 0. The van der Waals surface area contributed by atoms with Crippen molar-refractivity contribution in [3.8, 4) is 44.5 Å². The number of hydrogen-bond donors (Lipinski definition) is 3. The molecule has 0 bridgehead atoms. The molecule has 420 valence electrons. The fraction of sp³-hybridized carbons (Fsp3) is 0.429. The Bertz CT molecular complexity index is 3100. The van der Waals surface area contributed by atoms with Gasteiger partial charge in [-0.2, -0.15) is 0 Å². The third-order valence-corrected chi connectivity index (χ3v) is 13.6. The van der Waals surface area contributed by atoms with E-state index in [0.717, 1.165) is 88.2 Å². The molecule has 2 saturated heterocycles. The highest BCUT2D eigenvalue weighted by molar-refractivity contribution is 6.34. The SMILES string of the molecule is CC(C)(C)OC(=O)CC1CCCNC1.CC(C)(C)OC(=O)NC1CCCN(C(=O)c2ccc(-c3cncc(-c4ccnc(C(C)(C)C)c4)c3)c(Cl)c2)C1.CC(C)(C)c1cc(-c2cncc(-c3ccc(C(=O)O)cc3Cl)c2)ccn1. The van der Waals surface area contributed by atoms with Crippen molar-refractivity contribution in [1.29, 1.82) is 0 Å². The van der Waals surface area contributed by atoms with Gasteiger partial charge in [-0.3, -0.25) is 29.5 Å². The van der Waals surface area contributed by atoms with Crippen molar-refractivity contribution < 1.29 is 33.8 Å². The largest absolute Gasteiger partial charge is 0.478 e. The van der Waals surface area contributed by atoms with Gasteiger partial charge in [-0.05, 0) is 158 Å². The van der Waals surface area contributed by atoms with E-state index in [1.165, 1.54) is 12.5 Å². The van der Waals surface area contributed by atoms with Crippen LogP contribution in [-0.4, -0.2) is 97.3 Å². The van der Waals surface area contributed by atoms with Crippen LogP contribution in [-0.2, 0) is 25.1 Å². The highest BCUT2D eigenvalue weighted by Crippen LogP contribution is 2.35. The van der Waals surface area contributed by atoms with Crippen LogP contribution >= 0.6 is 23.2 Å². The van der Waals surface area contributed by atoms with E-state index in [9.17, 15) is 19.2 Å². The maximum Gasteiger partial charge on any atom is 0.407 e. The highest BCUT2D eigenvalue weighted by Gasteiger charge is 2.28. The molecule has 2 aliphatic heterocycles. The van der Waals surface area contributed by atoms with Gasteiger partial charge in [0, 0.05) is 134 Å². The van der Waals surface area contributed by atoms with Crippen LogP contribution < -0.4 is 10.6 Å². The number of hydrogen-bond acceptors (Lipinski definition) is 11. The first-order valence-electron chi connectivity index (χ1n) is 26.9. The van der Waals surface area contributed by atoms with Crippen LogP contribution in [0.4, 0.5) is 4.79 Å². The average molecular weight is 1120 g/mol. The molecule has 0 saturated carbocycles. The molecule has 2 aliphatic rings. The number of piperidine rings is 2. The van der Waals surface area contributed by atoms with Gasteiger partial charge < -0.3 is 30.1 Å². The lowest BCUT2D eigenvalue weighted by molar-refractivity contribution is -0.156. The van der Waals surface area contributed by atoms with E-state index in [4.69, 9.17) is 37.8 Å². The van der Waals surface area contributed by atoms with Gasteiger partial charge in [0.15, 0.2) is 0 Å². The van der Waals surface area contributed by atoms with Gasteiger partial charge in [0.25, 0.3) is 5.91 Å². The lowest BCUT2D eigenvalue weighted by Gasteiger charge is -2.33. The number of amides is 2. The van der Waals surface area contributed by atoms with Crippen LogP contribution in [0.2, 0.25) is 10.0 Å². The second-order valence-corrected chi connectivity index (χ2v) is 25.0. The Labute approximate surface area is 476 Å². The number of pyridine rings is 4. The molecule has 6 aromatic rings. The summed E-state index contributed by atoms with van der Waals surface area (Å²) in [5.41, 5.74) is 8.87. The molecule has 0 radical (unpaired) electrons. The molecule has 2 atom stereocenters. The maximum atomic E-state index is 13.3. The van der Waals surface area contributed by atoms with Crippen molar-refractivity contribution in [3.63, 3.8) is 0 Å². The van der Waals surface area contributed by atoms with Crippen molar-refractivity contribution in [1.82, 2.24) is 35.5 Å². The molecule has 0 spiro atoms. The molecule has 4 aromatic heterocycles. The number of carboxylic acids is 1. The number of ether oxygens (including phenoxy) is 2. The molecule has 16 heteroatoms. The normalized spacial score (nSPS) is 15.8. The number of rotatable bonds is 9. The molecule has 3 N–H and O–H groups in total. The smallest absolute Gasteiger partial charge is 0.407 e. The average Bonchev–Trinajstić information content (AvgIpc) is 3.42. The molecule has 8 rings (SSSR count). The standard InChI is InChI=1S/C31H37ClN4O3.C21H19ClN2O2.C11H21NO2/c1-30(2,3)27-16-20(11-12-34-27)22-14-23(18-33-17-22)25-10-9-21(15-26(25)32)28(37)36-13-7-8-24(19-36)35-29(38)39-31(4,5)6;1-21(2,3)19-10-13(6-7-24-19)15-8-16(12-23-11-15)17-5-4-14(20(25)26)9-18(17)22;1-11(2,3)14-10(13)7-9-5-4-6-12-8-9/h9-12,14-18,24H,7-8,13,19H2,1-6H3,(H,35,38);4-12H,1-3H3,(H,25,26);9,12H,4-8H2,1-3H3. The number of alkyl carbamates (subject to hydrolysis) is 1. The maximum absolute atomic E-state index is 13.3. The zero-order chi connectivity index (χ0) is 57.9. The fourth-order valence-electron chi connectivity index (χ4n) is 8.95. The molecule has 79 heavy (non-hydrogen) atoms. The first kappa shape index (κ1) is 61.5. The van der Waals surface area contributed by atoms with Crippen LogP contribution in [0.25, 0.3) is 44.5 Å². The lowest BCUT2D eigenvalue weighted by atomic mass is 9.90. The lowest BCUT2D eigenvalue weighted by Crippen LogP contribution is -2.50. The number of carboxylic acid groups (broad SMARTS) is 1. The van der Waals surface area contributed by atoms with E-state index in [2.05, 4.69) is 90.3 Å². The Morgan fingerprint density at radius 1 is 0.633 bits per heavy atom. The first-order chi connectivity index (χ1) is 37.0. The van der Waals surface area contributed by atoms with Gasteiger partial charge in [0.05, 0.1) is 5.56 Å². The summed E-state index contributed by atoms with van der Waals surface area (Å²) in [6.45, 7) is 27.1. The summed E-state index contributed by atoms with van der Waals surface area (Å²) >= 11 is 13.0. The predicted molar refractivity (Wildman–Crippen MR) is 315 cm³/mol. The van der Waals surface area contributed by atoms with Crippen molar-refractivity contribution >= 4 is 47.1 Å². The molecular formula is C63H77Cl2N7O7. The molecular weight excluding hydrogens is 1040 g/mol. The number of esters is 1. The van der Waals surface area contributed by atoms with Gasteiger partial charge in [0.1, 0.15) is 11.2 Å². The monoisotopic (exact) mass is 1110 g/mol. The Hall–Kier alpha value is -6.74. The van der Waals surface area contributed by atoms with Crippen LogP contribution in [0.5, 0.6) is 0 Å². The number of nitrogens with one attached hydrogen (secondary N) is 2. The minimum atomic E-state index is -1.00. The van der Waals surface area contributed by atoms with Crippen LogP contribution in [0, 0.1) is 5.92 Å². The number of benzene rings is 2. The molecule has 14 nitrogen and oxygen atoms in total. The molecule has 2 unspecified atom stereocenters. The summed E-state index contributed by atoms with van der Waals surface area (Å²) < 4.78 is 10.6. The highest BCUT2D eigenvalue weighted by atomic mass is 35.5. The third-order valence-electron chi connectivity index (χ3n) is 13.0. The van der Waals surface area contributed by atoms with E-state index in [-0.39, 0.29) is 39.9 Å². The zero-order valence-corrected chi connectivity index (χ0v) is 49.3. The van der Waals surface area contributed by atoms with E-state index < -0.39 is 17.7 Å². The van der Waals surface area contributed by atoms with Crippen LogP contribution in [0.15, 0.2) is 110 Å². The van der Waals surface area contributed by atoms with Gasteiger partial charge in [0.2, 0.25) is 0 Å². The zero-order valence-electron chi connectivity index (χ0n) is 47.8. The summed E-state index contributed by atoms with van der Waals surface area (Å²) in [6.07, 6.45) is 14.7. The molecule has 6 heterocycles. The quantitative estimate of drug-likeness (QED) is 0.117. The van der Waals surface area contributed by atoms with E-state index in [1.807, 2.05) is 78.2 Å². The van der Waals surface area contributed by atoms with Gasteiger partial charge in [-0.15, -0.1) is 0 Å². The number of carbonyl (C=O) groups is 4. The second-order valence-electron chi connectivity index (χ2n) is 24.2. The minimum Gasteiger partial charge on any atom is -0.478 e. The van der Waals surface area contributed by atoms with Crippen LogP contribution in [0.3, 0.4) is 0 Å². The van der Waals surface area contributed by atoms with Crippen molar-refractivity contribution in [3.05, 3.63) is 143 Å². The number of aromatic nitrogens is 4. The molecule has 2 fully saturated rings. The number of aromatic carboxylic acids is 1. The van der Waals surface area contributed by atoms with Gasteiger partial charge in [-0.1, -0.05) is 76.9 Å². The third kappa shape index (κ3) is 18.7. The van der Waals surface area contributed by atoms with Crippen molar-refractivity contribution in [2.75, 3.05) is 26.2 Å². The Kier molecular flexibility index (Phi) is 20.6. The number of halogens is 2. The van der Waals surface area contributed by atoms with Gasteiger partial charge >= 0.3 is 18.0 Å². The van der Waals surface area contributed by atoms with E-state index >= 15 is 0 Å².